The summed E-state index contributed by atoms with van der Waals surface area (Å²) < 4.78 is 9.71. The van der Waals surface area contributed by atoms with Crippen molar-refractivity contribution in [3.05, 3.63) is 218 Å². The van der Waals surface area contributed by atoms with E-state index in [0.29, 0.717) is 23.1 Å². The van der Waals surface area contributed by atoms with E-state index in [1.807, 2.05) is 60.7 Å². The van der Waals surface area contributed by atoms with E-state index < -0.39 is 0 Å². The van der Waals surface area contributed by atoms with E-state index in [9.17, 15) is 0 Å². The molecule has 0 spiro atoms. The molecule has 0 aliphatic heterocycles. The van der Waals surface area contributed by atoms with Crippen LogP contribution in [-0.2, 0) is 0 Å². The minimum Gasteiger partial charge on any atom is -0.455 e. The van der Waals surface area contributed by atoms with E-state index in [-0.39, 0.29) is 0 Å². The highest BCUT2D eigenvalue weighted by molar-refractivity contribution is 6.24. The Bertz CT molecular complexity index is 3540. The Kier molecular flexibility index (Phi) is 8.42. The lowest BCUT2D eigenvalue weighted by Crippen LogP contribution is -2.00. The van der Waals surface area contributed by atoms with Gasteiger partial charge in [0.15, 0.2) is 17.5 Å². The average Bonchev–Trinajstić information content (AvgIpc) is 3.91. The van der Waals surface area contributed by atoms with Crippen LogP contribution in [0.5, 0.6) is 0 Å². The summed E-state index contributed by atoms with van der Waals surface area (Å²) in [5.41, 5.74) is 14.0. The fraction of sp³-hybridized carbons (Fsp3) is 0. The molecule has 5 nitrogen and oxygen atoms in total. The van der Waals surface area contributed by atoms with Crippen LogP contribution in [0.1, 0.15) is 0 Å². The summed E-state index contributed by atoms with van der Waals surface area (Å²) in [7, 11) is 0. The third kappa shape index (κ3) is 5.90. The number of fused-ring (bicyclic) bond motifs is 6. The van der Waals surface area contributed by atoms with Crippen molar-refractivity contribution < 1.29 is 4.42 Å². The summed E-state index contributed by atoms with van der Waals surface area (Å²) in [6.07, 6.45) is 0. The molecule has 0 bridgehead atoms. The summed E-state index contributed by atoms with van der Waals surface area (Å²) in [4.78, 5) is 15.4. The zero-order valence-corrected chi connectivity index (χ0v) is 33.5. The van der Waals surface area contributed by atoms with Gasteiger partial charge in [0.25, 0.3) is 0 Å². The number of benzene rings is 9. The van der Waals surface area contributed by atoms with Crippen LogP contribution in [-0.4, -0.2) is 19.5 Å². The molecule has 0 saturated heterocycles. The number of furan rings is 1. The summed E-state index contributed by atoms with van der Waals surface area (Å²) in [6.45, 7) is 0. The molecule has 290 valence electrons. The van der Waals surface area contributed by atoms with Gasteiger partial charge in [-0.05, 0) is 70.3 Å². The average molecular weight is 793 g/mol. The summed E-state index contributed by atoms with van der Waals surface area (Å²) in [5.74, 6) is 1.73. The lowest BCUT2D eigenvalue weighted by Gasteiger charge is -2.12. The first-order valence-electron chi connectivity index (χ1n) is 20.9. The lowest BCUT2D eigenvalue weighted by atomic mass is 9.91. The molecule has 0 fully saturated rings. The number of para-hydroxylation sites is 2. The highest BCUT2D eigenvalue weighted by atomic mass is 16.3. The van der Waals surface area contributed by atoms with Gasteiger partial charge in [0.1, 0.15) is 11.2 Å². The van der Waals surface area contributed by atoms with E-state index in [4.69, 9.17) is 19.4 Å². The third-order valence-electron chi connectivity index (χ3n) is 11.9. The van der Waals surface area contributed by atoms with Crippen molar-refractivity contribution in [3.63, 3.8) is 0 Å². The monoisotopic (exact) mass is 792 g/mol. The minimum atomic E-state index is 0.539. The van der Waals surface area contributed by atoms with E-state index in [1.54, 1.807) is 0 Å². The Morgan fingerprint density at radius 2 is 0.823 bits per heavy atom. The summed E-state index contributed by atoms with van der Waals surface area (Å²) in [5, 5.41) is 4.37. The zero-order valence-electron chi connectivity index (χ0n) is 33.5. The number of hydrogen-bond acceptors (Lipinski definition) is 4. The quantitative estimate of drug-likeness (QED) is 0.161. The van der Waals surface area contributed by atoms with Gasteiger partial charge in [0, 0.05) is 43.9 Å². The van der Waals surface area contributed by atoms with Crippen molar-refractivity contribution in [3.8, 4) is 73.2 Å². The van der Waals surface area contributed by atoms with Crippen LogP contribution in [0.4, 0.5) is 0 Å². The normalized spacial score (nSPS) is 11.5. The molecule has 0 N–H and O–H groups in total. The molecule has 0 unspecified atom stereocenters. The SMILES string of the molecule is c1ccc(-c2cc(-c3ccccc3)c3oc4c(-c5nc(-c6ccccc6)nc(-c6ccccc6)n5)ccc(-c5cccc6c5c5ccccc5n6-c5ccccc5)c4c3c2)cc1. The van der Waals surface area contributed by atoms with E-state index in [2.05, 4.69) is 162 Å². The molecule has 3 heterocycles. The fourth-order valence-corrected chi connectivity index (χ4v) is 9.04. The van der Waals surface area contributed by atoms with Gasteiger partial charge in [0.05, 0.1) is 16.6 Å². The second-order valence-electron chi connectivity index (χ2n) is 15.5. The summed E-state index contributed by atoms with van der Waals surface area (Å²) in [6, 6.07) is 76.2. The van der Waals surface area contributed by atoms with Gasteiger partial charge in [0.2, 0.25) is 0 Å². The van der Waals surface area contributed by atoms with Crippen molar-refractivity contribution in [1.82, 2.24) is 19.5 Å². The molecule has 0 aliphatic carbocycles. The molecular weight excluding hydrogens is 757 g/mol. The maximum Gasteiger partial charge on any atom is 0.167 e. The van der Waals surface area contributed by atoms with Crippen LogP contribution < -0.4 is 0 Å². The molecule has 12 rings (SSSR count). The fourth-order valence-electron chi connectivity index (χ4n) is 9.04. The lowest BCUT2D eigenvalue weighted by molar-refractivity contribution is 0.670. The van der Waals surface area contributed by atoms with Crippen LogP contribution in [0.15, 0.2) is 223 Å². The van der Waals surface area contributed by atoms with Crippen molar-refractivity contribution in [2.45, 2.75) is 0 Å². The largest absolute Gasteiger partial charge is 0.455 e. The molecule has 0 saturated carbocycles. The van der Waals surface area contributed by atoms with Gasteiger partial charge in [-0.25, -0.2) is 15.0 Å². The van der Waals surface area contributed by atoms with Gasteiger partial charge in [-0.1, -0.05) is 176 Å². The van der Waals surface area contributed by atoms with Gasteiger partial charge in [-0.2, -0.15) is 0 Å². The maximum absolute atomic E-state index is 7.34. The van der Waals surface area contributed by atoms with Gasteiger partial charge in [-0.3, -0.25) is 0 Å². The number of hydrogen-bond donors (Lipinski definition) is 0. The number of nitrogens with zero attached hydrogens (tertiary/aromatic N) is 4. The first-order valence-corrected chi connectivity index (χ1v) is 20.9. The maximum atomic E-state index is 7.34. The van der Waals surface area contributed by atoms with E-state index in [1.165, 1.54) is 10.8 Å². The predicted octanol–water partition coefficient (Wildman–Crippen LogP) is 14.9. The molecule has 9 aromatic carbocycles. The van der Waals surface area contributed by atoms with E-state index in [0.717, 1.165) is 83.1 Å². The Labute approximate surface area is 357 Å². The second kappa shape index (κ2) is 14.7. The molecule has 0 radical (unpaired) electrons. The molecule has 0 amide bonds. The zero-order chi connectivity index (χ0) is 41.0. The molecule has 5 heteroatoms. The Hall–Kier alpha value is -8.41. The molecule has 0 atom stereocenters. The summed E-state index contributed by atoms with van der Waals surface area (Å²) >= 11 is 0. The molecule has 0 aliphatic rings. The Balaban J connectivity index is 1.22. The number of aromatic nitrogens is 4. The molecule has 3 aromatic heterocycles. The van der Waals surface area contributed by atoms with Crippen LogP contribution in [0.25, 0.3) is 117 Å². The Morgan fingerprint density at radius 1 is 0.306 bits per heavy atom. The minimum absolute atomic E-state index is 0.539. The predicted molar refractivity (Wildman–Crippen MR) is 254 cm³/mol. The molecular formula is C57H36N4O. The van der Waals surface area contributed by atoms with Crippen LogP contribution in [0.3, 0.4) is 0 Å². The van der Waals surface area contributed by atoms with Gasteiger partial charge >= 0.3 is 0 Å². The highest BCUT2D eigenvalue weighted by Gasteiger charge is 2.25. The first kappa shape index (κ1) is 35.5. The molecule has 12 aromatic rings. The van der Waals surface area contributed by atoms with Gasteiger partial charge < -0.3 is 8.98 Å². The Morgan fingerprint density at radius 3 is 1.48 bits per heavy atom. The van der Waals surface area contributed by atoms with Crippen molar-refractivity contribution in [2.24, 2.45) is 0 Å². The second-order valence-corrected chi connectivity index (χ2v) is 15.5. The topological polar surface area (TPSA) is 56.7 Å². The van der Waals surface area contributed by atoms with Crippen LogP contribution in [0, 0.1) is 0 Å². The van der Waals surface area contributed by atoms with Crippen molar-refractivity contribution in [1.29, 1.82) is 0 Å². The molecule has 62 heavy (non-hydrogen) atoms. The van der Waals surface area contributed by atoms with Crippen molar-refractivity contribution >= 4 is 43.7 Å². The van der Waals surface area contributed by atoms with Crippen LogP contribution >= 0.6 is 0 Å². The highest BCUT2D eigenvalue weighted by Crippen LogP contribution is 2.48. The van der Waals surface area contributed by atoms with Crippen molar-refractivity contribution in [2.75, 3.05) is 0 Å². The standard InChI is InChI=1S/C57H36N4O/c1-6-19-37(20-7-1)41-35-47(38-21-8-2-9-22-38)53-48(36-41)52-44(43-30-18-32-50-51(43)45-29-16-17-31-49(45)61(50)42-27-14-5-15-28-42)33-34-46(54(52)62-53)57-59-55(39-23-10-3-11-24-39)58-56(60-57)40-25-12-4-13-26-40/h1-36H. The van der Waals surface area contributed by atoms with Gasteiger partial charge in [-0.15, -0.1) is 0 Å². The van der Waals surface area contributed by atoms with E-state index >= 15 is 0 Å². The first-order chi connectivity index (χ1) is 30.8. The third-order valence-corrected chi connectivity index (χ3v) is 11.9. The number of rotatable bonds is 7. The smallest absolute Gasteiger partial charge is 0.167 e. The van der Waals surface area contributed by atoms with Crippen LogP contribution in [0.2, 0.25) is 0 Å².